The lowest BCUT2D eigenvalue weighted by molar-refractivity contribution is -0.121. The largest absolute Gasteiger partial charge is 0.390 e. The Kier molecular flexibility index (Phi) is 4.61. The molecule has 1 aromatic heterocycles. The summed E-state index contributed by atoms with van der Waals surface area (Å²) in [4.78, 5) is 16.5. The molecule has 4 rings (SSSR count). The third kappa shape index (κ3) is 3.07. The van der Waals surface area contributed by atoms with Crippen molar-refractivity contribution < 1.29 is 19.0 Å². The summed E-state index contributed by atoms with van der Waals surface area (Å²) in [6, 6.07) is 7.73. The van der Waals surface area contributed by atoms with Gasteiger partial charge in [-0.15, -0.1) is 0 Å². The molecule has 0 saturated carbocycles. The first kappa shape index (κ1) is 17.7. The second-order valence-corrected chi connectivity index (χ2v) is 7.34. The van der Waals surface area contributed by atoms with E-state index in [1.807, 2.05) is 0 Å². The summed E-state index contributed by atoms with van der Waals surface area (Å²) in [6.45, 7) is 0. The number of nitrogens with one attached hydrogen (secondary N) is 1. The number of aliphatic hydroxyl groups excluding tert-OH is 1. The third-order valence-electron chi connectivity index (χ3n) is 4.95. The van der Waals surface area contributed by atoms with Crippen molar-refractivity contribution in [2.24, 2.45) is 5.92 Å². The zero-order valence-corrected chi connectivity index (χ0v) is 14.9. The Bertz CT molecular complexity index is 866. The summed E-state index contributed by atoms with van der Waals surface area (Å²) in [6.07, 6.45) is 0.0474. The Hall–Kier alpha value is -1.73. The minimum atomic E-state index is -0.685. The van der Waals surface area contributed by atoms with Gasteiger partial charge in [0, 0.05) is 24.2 Å². The van der Waals surface area contributed by atoms with Crippen LogP contribution in [-0.2, 0) is 9.53 Å². The van der Waals surface area contributed by atoms with Gasteiger partial charge in [0.1, 0.15) is 0 Å². The molecule has 2 bridgehead atoms. The second-order valence-electron chi connectivity index (χ2n) is 6.52. The number of benzene rings is 1. The van der Waals surface area contributed by atoms with Gasteiger partial charge in [-0.25, -0.2) is 4.98 Å². The summed E-state index contributed by atoms with van der Waals surface area (Å²) in [5, 5.41) is 13.7. The lowest BCUT2D eigenvalue weighted by Crippen LogP contribution is -2.41. The molecule has 2 fully saturated rings. The van der Waals surface area contributed by atoms with Crippen molar-refractivity contribution in [2.45, 2.75) is 30.7 Å². The SMILES string of the molecule is O=C(Nc1ccc(Cl)c(Cl)c1)[C@H]1[C@H](c2ccnc(F)c2)[C@@H]2O[C@H]1C[C@H]2O. The van der Waals surface area contributed by atoms with Crippen LogP contribution in [0.1, 0.15) is 17.9 Å². The molecule has 3 heterocycles. The van der Waals surface area contributed by atoms with Crippen molar-refractivity contribution in [2.75, 3.05) is 5.32 Å². The van der Waals surface area contributed by atoms with Gasteiger partial charge in [0.25, 0.3) is 0 Å². The number of aromatic nitrogens is 1. The number of rotatable bonds is 3. The number of nitrogens with zero attached hydrogens (tertiary/aromatic N) is 1. The van der Waals surface area contributed by atoms with Crippen molar-refractivity contribution in [1.29, 1.82) is 0 Å². The maximum atomic E-state index is 13.6. The lowest BCUT2D eigenvalue weighted by atomic mass is 9.74. The predicted molar refractivity (Wildman–Crippen MR) is 94.8 cm³/mol. The molecular weight excluding hydrogens is 382 g/mol. The van der Waals surface area contributed by atoms with Crippen molar-refractivity contribution in [1.82, 2.24) is 4.98 Å². The first-order valence-electron chi connectivity index (χ1n) is 8.15. The standard InChI is InChI=1S/C18H15Cl2FN2O3/c19-10-2-1-9(6-11(10)20)23-18(25)16-13-7-12(24)17(26-13)15(16)8-3-4-22-14(21)5-8/h1-6,12-13,15-17,24H,7H2,(H,23,25)/t12-,13+,15+,16-,17-/m1/s1. The molecule has 0 aliphatic carbocycles. The Balaban J connectivity index is 1.62. The first-order valence-corrected chi connectivity index (χ1v) is 8.90. The van der Waals surface area contributed by atoms with Crippen LogP contribution in [0.3, 0.4) is 0 Å². The normalized spacial score (nSPS) is 29.8. The van der Waals surface area contributed by atoms with Crippen LogP contribution < -0.4 is 5.32 Å². The summed E-state index contributed by atoms with van der Waals surface area (Å²) >= 11 is 11.9. The number of amides is 1. The monoisotopic (exact) mass is 396 g/mol. The first-order chi connectivity index (χ1) is 12.4. The Morgan fingerprint density at radius 1 is 1.27 bits per heavy atom. The molecule has 136 valence electrons. The van der Waals surface area contributed by atoms with Gasteiger partial charge in [-0.05, 0) is 35.9 Å². The van der Waals surface area contributed by atoms with E-state index < -0.39 is 36.1 Å². The third-order valence-corrected chi connectivity index (χ3v) is 5.69. The van der Waals surface area contributed by atoms with Crippen LogP contribution in [0, 0.1) is 11.9 Å². The highest BCUT2D eigenvalue weighted by atomic mass is 35.5. The average Bonchev–Trinajstić information content (AvgIpc) is 3.15. The van der Waals surface area contributed by atoms with E-state index in [-0.39, 0.29) is 5.91 Å². The van der Waals surface area contributed by atoms with E-state index in [0.717, 1.165) is 0 Å². The molecule has 5 atom stereocenters. The van der Waals surface area contributed by atoms with Gasteiger partial charge < -0.3 is 15.2 Å². The van der Waals surface area contributed by atoms with Crippen molar-refractivity contribution in [3.8, 4) is 0 Å². The van der Waals surface area contributed by atoms with E-state index in [1.165, 1.54) is 12.3 Å². The number of halogens is 3. The van der Waals surface area contributed by atoms with Crippen LogP contribution in [0.15, 0.2) is 36.5 Å². The number of fused-ring (bicyclic) bond motifs is 2. The zero-order valence-electron chi connectivity index (χ0n) is 13.4. The second kappa shape index (κ2) is 6.78. The number of carbonyl (C=O) groups excluding carboxylic acids is 1. The topological polar surface area (TPSA) is 71.5 Å². The fourth-order valence-corrected chi connectivity index (χ4v) is 4.16. The number of anilines is 1. The lowest BCUT2D eigenvalue weighted by Gasteiger charge is -2.30. The maximum absolute atomic E-state index is 13.6. The number of hydrogen-bond acceptors (Lipinski definition) is 4. The highest BCUT2D eigenvalue weighted by molar-refractivity contribution is 6.42. The van der Waals surface area contributed by atoms with E-state index in [1.54, 1.807) is 24.3 Å². The number of hydrogen-bond donors (Lipinski definition) is 2. The van der Waals surface area contributed by atoms with E-state index in [9.17, 15) is 14.3 Å². The average molecular weight is 397 g/mol. The molecule has 1 aromatic carbocycles. The van der Waals surface area contributed by atoms with Crippen LogP contribution in [0.5, 0.6) is 0 Å². The van der Waals surface area contributed by atoms with Crippen LogP contribution in [-0.4, -0.2) is 34.3 Å². The Labute approximate surface area is 159 Å². The summed E-state index contributed by atoms with van der Waals surface area (Å²) in [5.74, 6) is -1.92. The molecule has 0 radical (unpaired) electrons. The zero-order chi connectivity index (χ0) is 18.4. The van der Waals surface area contributed by atoms with Gasteiger partial charge in [0.15, 0.2) is 0 Å². The van der Waals surface area contributed by atoms with Crippen molar-refractivity contribution in [3.05, 3.63) is 58.1 Å². The molecule has 0 spiro atoms. The Morgan fingerprint density at radius 2 is 2.08 bits per heavy atom. The fourth-order valence-electron chi connectivity index (χ4n) is 3.86. The number of carbonyl (C=O) groups is 1. The number of pyridine rings is 1. The van der Waals surface area contributed by atoms with Gasteiger partial charge in [-0.1, -0.05) is 23.2 Å². The molecule has 2 aliphatic rings. The van der Waals surface area contributed by atoms with Crippen LogP contribution in [0.2, 0.25) is 10.0 Å². The molecule has 1 amide bonds. The smallest absolute Gasteiger partial charge is 0.230 e. The number of aliphatic hydroxyl groups is 1. The summed E-state index contributed by atoms with van der Waals surface area (Å²) < 4.78 is 19.4. The van der Waals surface area contributed by atoms with E-state index in [4.69, 9.17) is 27.9 Å². The van der Waals surface area contributed by atoms with Crippen LogP contribution in [0.4, 0.5) is 10.1 Å². The molecule has 8 heteroatoms. The van der Waals surface area contributed by atoms with Gasteiger partial charge in [0.05, 0.1) is 34.3 Å². The highest BCUT2D eigenvalue weighted by Crippen LogP contribution is 2.49. The van der Waals surface area contributed by atoms with Crippen molar-refractivity contribution >= 4 is 34.8 Å². The minimum Gasteiger partial charge on any atom is -0.390 e. The predicted octanol–water partition coefficient (Wildman–Crippen LogP) is 3.40. The Morgan fingerprint density at radius 3 is 2.81 bits per heavy atom. The van der Waals surface area contributed by atoms with Gasteiger partial charge in [-0.3, -0.25) is 4.79 Å². The summed E-state index contributed by atoms with van der Waals surface area (Å²) in [7, 11) is 0. The van der Waals surface area contributed by atoms with Crippen LogP contribution in [0.25, 0.3) is 0 Å². The van der Waals surface area contributed by atoms with Crippen LogP contribution >= 0.6 is 23.2 Å². The molecule has 2 saturated heterocycles. The molecule has 2 aliphatic heterocycles. The fraction of sp³-hybridized carbons (Fsp3) is 0.333. The quantitative estimate of drug-likeness (QED) is 0.779. The minimum absolute atomic E-state index is 0.273. The van der Waals surface area contributed by atoms with Gasteiger partial charge in [0.2, 0.25) is 11.9 Å². The molecular formula is C18H15Cl2FN2O3. The van der Waals surface area contributed by atoms with E-state index in [2.05, 4.69) is 10.3 Å². The molecule has 2 aromatic rings. The van der Waals surface area contributed by atoms with E-state index >= 15 is 0 Å². The van der Waals surface area contributed by atoms with Gasteiger partial charge in [-0.2, -0.15) is 4.39 Å². The molecule has 26 heavy (non-hydrogen) atoms. The van der Waals surface area contributed by atoms with E-state index in [0.29, 0.717) is 27.7 Å². The molecule has 0 unspecified atom stereocenters. The molecule has 5 nitrogen and oxygen atoms in total. The maximum Gasteiger partial charge on any atom is 0.230 e. The molecule has 2 N–H and O–H groups in total. The highest BCUT2D eigenvalue weighted by Gasteiger charge is 2.57. The van der Waals surface area contributed by atoms with Crippen molar-refractivity contribution in [3.63, 3.8) is 0 Å². The number of ether oxygens (including phenoxy) is 1. The van der Waals surface area contributed by atoms with Gasteiger partial charge >= 0.3 is 0 Å². The summed E-state index contributed by atoms with van der Waals surface area (Å²) in [5.41, 5.74) is 1.09.